The second-order valence-corrected chi connectivity index (χ2v) is 7.10. The van der Waals surface area contributed by atoms with Gasteiger partial charge in [-0.3, -0.25) is 4.90 Å². The second kappa shape index (κ2) is 7.55. The van der Waals surface area contributed by atoms with Crippen molar-refractivity contribution in [3.05, 3.63) is 11.6 Å². The Morgan fingerprint density at radius 2 is 1.59 bits per heavy atom. The highest BCUT2D eigenvalue weighted by Gasteiger charge is 2.23. The van der Waals surface area contributed by atoms with Gasteiger partial charge in [0.2, 0.25) is 0 Å². The van der Waals surface area contributed by atoms with Crippen LogP contribution in [0.25, 0.3) is 0 Å². The molecule has 0 aromatic carbocycles. The molecule has 3 rings (SSSR count). The molecule has 0 saturated carbocycles. The van der Waals surface area contributed by atoms with Crippen LogP contribution < -0.4 is 0 Å². The Labute approximate surface area is 134 Å². The second-order valence-electron chi connectivity index (χ2n) is 7.10. The van der Waals surface area contributed by atoms with Crippen LogP contribution in [0.2, 0.25) is 0 Å². The zero-order chi connectivity index (χ0) is 15.4. The van der Waals surface area contributed by atoms with Gasteiger partial charge in [-0.15, -0.1) is 0 Å². The summed E-state index contributed by atoms with van der Waals surface area (Å²) in [6, 6.07) is 0.544. The van der Waals surface area contributed by atoms with Crippen LogP contribution in [0.3, 0.4) is 0 Å². The predicted molar refractivity (Wildman–Crippen MR) is 88.9 cm³/mol. The van der Waals surface area contributed by atoms with E-state index in [-0.39, 0.29) is 0 Å². The van der Waals surface area contributed by atoms with E-state index in [1.807, 2.05) is 6.92 Å². The molecule has 0 unspecified atom stereocenters. The monoisotopic (exact) mass is 305 g/mol. The molecule has 0 atom stereocenters. The Bertz CT molecular complexity index is 454. The Balaban J connectivity index is 1.67. The number of hydrogen-bond acceptors (Lipinski definition) is 4. The van der Waals surface area contributed by atoms with E-state index in [1.165, 1.54) is 76.9 Å². The fourth-order valence-corrected chi connectivity index (χ4v) is 3.78. The minimum absolute atomic E-state index is 0.544. The molecular weight excluding hydrogens is 274 g/mol. The molecule has 2 fully saturated rings. The first kappa shape index (κ1) is 15.9. The lowest BCUT2D eigenvalue weighted by Crippen LogP contribution is -2.34. The lowest BCUT2D eigenvalue weighted by atomic mass is 10.1. The Hall–Kier alpha value is -0.940. The van der Waals surface area contributed by atoms with Gasteiger partial charge >= 0.3 is 0 Å². The van der Waals surface area contributed by atoms with Gasteiger partial charge in [0.25, 0.3) is 0 Å². The number of piperidine rings is 1. The number of aryl methyl sites for hydroxylation is 1. The fraction of sp³-hybridized carbons (Fsp3) is 0.882. The fourth-order valence-electron chi connectivity index (χ4n) is 3.78. The molecule has 2 saturated heterocycles. The first-order valence-electron chi connectivity index (χ1n) is 9.05. The summed E-state index contributed by atoms with van der Waals surface area (Å²) in [5, 5.41) is 4.73. The summed E-state index contributed by atoms with van der Waals surface area (Å²) >= 11 is 0. The molecule has 5 heteroatoms. The minimum atomic E-state index is 0.544. The van der Waals surface area contributed by atoms with Gasteiger partial charge in [0, 0.05) is 0 Å². The minimum Gasteiger partial charge on any atom is -0.306 e. The van der Waals surface area contributed by atoms with Crippen LogP contribution in [0.1, 0.15) is 62.6 Å². The van der Waals surface area contributed by atoms with Crippen LogP contribution in [0.4, 0.5) is 0 Å². The van der Waals surface area contributed by atoms with Gasteiger partial charge in [-0.05, 0) is 65.8 Å². The standard InChI is InChI=1S/C17H31N5/c1-15-18-17(14-21-10-6-4-3-5-7-11-21)22(19-15)16-8-12-20(2)13-9-16/h16H,3-14H2,1-2H3. The van der Waals surface area contributed by atoms with E-state index in [1.54, 1.807) is 0 Å². The number of likely N-dealkylation sites (tertiary alicyclic amines) is 2. The summed E-state index contributed by atoms with van der Waals surface area (Å²) in [7, 11) is 2.21. The Morgan fingerprint density at radius 3 is 2.27 bits per heavy atom. The van der Waals surface area contributed by atoms with Gasteiger partial charge in [0.05, 0.1) is 12.6 Å². The number of nitrogens with zero attached hydrogens (tertiary/aromatic N) is 5. The van der Waals surface area contributed by atoms with Crippen molar-refractivity contribution < 1.29 is 0 Å². The van der Waals surface area contributed by atoms with Crippen molar-refractivity contribution >= 4 is 0 Å². The van der Waals surface area contributed by atoms with Crippen LogP contribution in [0, 0.1) is 6.92 Å². The summed E-state index contributed by atoms with van der Waals surface area (Å²) in [6.45, 7) is 7.80. The van der Waals surface area contributed by atoms with Crippen LogP contribution in [-0.2, 0) is 6.54 Å². The van der Waals surface area contributed by atoms with Gasteiger partial charge in [-0.25, -0.2) is 9.67 Å². The maximum absolute atomic E-state index is 4.75. The van der Waals surface area contributed by atoms with Gasteiger partial charge in [-0.2, -0.15) is 5.10 Å². The van der Waals surface area contributed by atoms with Crippen molar-refractivity contribution in [1.29, 1.82) is 0 Å². The van der Waals surface area contributed by atoms with Crippen molar-refractivity contribution in [2.75, 3.05) is 33.2 Å². The Kier molecular flexibility index (Phi) is 5.47. The third kappa shape index (κ3) is 4.07. The third-order valence-electron chi connectivity index (χ3n) is 5.16. The molecule has 22 heavy (non-hydrogen) atoms. The molecule has 0 spiro atoms. The Morgan fingerprint density at radius 1 is 0.955 bits per heavy atom. The summed E-state index contributed by atoms with van der Waals surface area (Å²) in [6.07, 6.45) is 9.26. The van der Waals surface area contributed by atoms with Gasteiger partial charge in [-0.1, -0.05) is 19.3 Å². The maximum Gasteiger partial charge on any atom is 0.147 e. The summed E-state index contributed by atoms with van der Waals surface area (Å²) in [5.74, 6) is 2.12. The van der Waals surface area contributed by atoms with E-state index in [2.05, 4.69) is 21.5 Å². The van der Waals surface area contributed by atoms with Gasteiger partial charge < -0.3 is 4.90 Å². The van der Waals surface area contributed by atoms with E-state index in [0.29, 0.717) is 6.04 Å². The van der Waals surface area contributed by atoms with Crippen LogP contribution in [0.15, 0.2) is 0 Å². The van der Waals surface area contributed by atoms with Crippen molar-refractivity contribution in [3.63, 3.8) is 0 Å². The first-order chi connectivity index (χ1) is 10.7. The molecule has 2 aliphatic heterocycles. The molecule has 0 aliphatic carbocycles. The molecule has 0 amide bonds. The molecule has 3 heterocycles. The molecule has 0 N–H and O–H groups in total. The number of hydrogen-bond donors (Lipinski definition) is 0. The van der Waals surface area contributed by atoms with Crippen LogP contribution in [0.5, 0.6) is 0 Å². The molecule has 0 radical (unpaired) electrons. The van der Waals surface area contributed by atoms with E-state index >= 15 is 0 Å². The molecule has 5 nitrogen and oxygen atoms in total. The SMILES string of the molecule is Cc1nc(CN2CCCCCCC2)n(C2CCN(C)CC2)n1. The highest BCUT2D eigenvalue weighted by molar-refractivity contribution is 4.95. The molecule has 0 bridgehead atoms. The van der Waals surface area contributed by atoms with Crippen molar-refractivity contribution in [2.24, 2.45) is 0 Å². The molecule has 1 aromatic rings. The zero-order valence-corrected chi connectivity index (χ0v) is 14.3. The summed E-state index contributed by atoms with van der Waals surface area (Å²) in [4.78, 5) is 9.76. The van der Waals surface area contributed by atoms with Gasteiger partial charge in [0.1, 0.15) is 11.6 Å². The summed E-state index contributed by atoms with van der Waals surface area (Å²) in [5.41, 5.74) is 0. The molecule has 2 aliphatic rings. The molecule has 124 valence electrons. The highest BCUT2D eigenvalue weighted by Crippen LogP contribution is 2.23. The lowest BCUT2D eigenvalue weighted by molar-refractivity contribution is 0.194. The van der Waals surface area contributed by atoms with Gasteiger partial charge in [0.15, 0.2) is 0 Å². The maximum atomic E-state index is 4.75. The summed E-state index contributed by atoms with van der Waals surface area (Å²) < 4.78 is 2.25. The molecule has 1 aromatic heterocycles. The normalized spacial score (nSPS) is 23.4. The third-order valence-corrected chi connectivity index (χ3v) is 5.16. The van der Waals surface area contributed by atoms with Crippen molar-refractivity contribution in [3.8, 4) is 0 Å². The zero-order valence-electron chi connectivity index (χ0n) is 14.3. The van der Waals surface area contributed by atoms with Crippen LogP contribution >= 0.6 is 0 Å². The quantitative estimate of drug-likeness (QED) is 0.860. The van der Waals surface area contributed by atoms with Crippen molar-refractivity contribution in [2.45, 2.75) is 64.5 Å². The number of aromatic nitrogens is 3. The first-order valence-corrected chi connectivity index (χ1v) is 9.05. The predicted octanol–water partition coefficient (Wildman–Crippen LogP) is 2.62. The van der Waals surface area contributed by atoms with Crippen molar-refractivity contribution in [1.82, 2.24) is 24.6 Å². The van der Waals surface area contributed by atoms with E-state index in [0.717, 1.165) is 12.4 Å². The average Bonchev–Trinajstić information content (AvgIpc) is 2.83. The smallest absolute Gasteiger partial charge is 0.147 e. The van der Waals surface area contributed by atoms with Crippen LogP contribution in [-0.4, -0.2) is 57.8 Å². The average molecular weight is 305 g/mol. The lowest BCUT2D eigenvalue weighted by Gasteiger charge is -2.30. The topological polar surface area (TPSA) is 37.2 Å². The number of rotatable bonds is 3. The highest BCUT2D eigenvalue weighted by atomic mass is 15.4. The largest absolute Gasteiger partial charge is 0.306 e. The molecular formula is C17H31N5. The van der Waals surface area contributed by atoms with E-state index in [4.69, 9.17) is 10.1 Å². The van der Waals surface area contributed by atoms with E-state index < -0.39 is 0 Å². The van der Waals surface area contributed by atoms with E-state index in [9.17, 15) is 0 Å².